The first kappa shape index (κ1) is 16.9. The monoisotopic (exact) mass is 264 g/mol. The fourth-order valence-corrected chi connectivity index (χ4v) is 3.47. The molecule has 3 N–H and O–H groups in total. The summed E-state index contributed by atoms with van der Waals surface area (Å²) < 4.78 is 26.7. The second-order valence-electron chi connectivity index (χ2n) is 6.18. The Morgan fingerprint density at radius 1 is 1.12 bits per heavy atom. The van der Waals surface area contributed by atoms with Crippen LogP contribution in [0.5, 0.6) is 0 Å². The summed E-state index contributed by atoms with van der Waals surface area (Å²) in [4.78, 5) is 0. The van der Waals surface area contributed by atoms with Crippen molar-refractivity contribution in [1.82, 2.24) is 4.72 Å². The van der Waals surface area contributed by atoms with Gasteiger partial charge in [-0.3, -0.25) is 0 Å². The van der Waals surface area contributed by atoms with Crippen LogP contribution >= 0.6 is 0 Å². The van der Waals surface area contributed by atoms with Crippen molar-refractivity contribution in [2.45, 2.75) is 59.4 Å². The van der Waals surface area contributed by atoms with Gasteiger partial charge in [0.25, 0.3) is 0 Å². The summed E-state index contributed by atoms with van der Waals surface area (Å²) in [6, 6.07) is 0. The van der Waals surface area contributed by atoms with E-state index in [2.05, 4.69) is 4.72 Å². The molecule has 5 heteroatoms. The van der Waals surface area contributed by atoms with E-state index in [1.807, 2.05) is 34.6 Å². The molecule has 0 aromatic heterocycles. The Labute approximate surface area is 106 Å². The van der Waals surface area contributed by atoms with Gasteiger partial charge in [-0.05, 0) is 38.1 Å². The third-order valence-corrected chi connectivity index (χ3v) is 4.54. The van der Waals surface area contributed by atoms with Gasteiger partial charge in [0.2, 0.25) is 10.0 Å². The number of nitrogens with two attached hydrogens (primary N) is 1. The smallest absolute Gasteiger partial charge is 0.212 e. The van der Waals surface area contributed by atoms with Crippen LogP contribution in [0.2, 0.25) is 0 Å². The van der Waals surface area contributed by atoms with Crippen LogP contribution in [0, 0.1) is 5.41 Å². The van der Waals surface area contributed by atoms with E-state index in [1.54, 1.807) is 0 Å². The molecule has 104 valence electrons. The Hall–Kier alpha value is -0.130. The predicted octanol–water partition coefficient (Wildman–Crippen LogP) is 1.86. The van der Waals surface area contributed by atoms with Gasteiger partial charge in [0.05, 0.1) is 5.75 Å². The standard InChI is InChI=1S/C12H28N2O2S/c1-6-12(5,7-9-13)14-17(15,16)10-8-11(2,3)4/h14H,6-10,13H2,1-5H3. The minimum atomic E-state index is -3.21. The van der Waals surface area contributed by atoms with Gasteiger partial charge >= 0.3 is 0 Å². The quantitative estimate of drug-likeness (QED) is 0.737. The molecule has 0 aliphatic rings. The molecule has 0 aliphatic carbocycles. The zero-order valence-corrected chi connectivity index (χ0v) is 12.7. The van der Waals surface area contributed by atoms with Crippen molar-refractivity contribution < 1.29 is 8.42 Å². The highest BCUT2D eigenvalue weighted by atomic mass is 32.2. The summed E-state index contributed by atoms with van der Waals surface area (Å²) in [5.74, 6) is 0.177. The molecule has 1 atom stereocenters. The highest BCUT2D eigenvalue weighted by Gasteiger charge is 2.28. The van der Waals surface area contributed by atoms with Gasteiger partial charge in [-0.15, -0.1) is 0 Å². The third-order valence-electron chi connectivity index (χ3n) is 3.00. The minimum absolute atomic E-state index is 0.0330. The highest BCUT2D eigenvalue weighted by Crippen LogP contribution is 2.21. The topological polar surface area (TPSA) is 72.2 Å². The van der Waals surface area contributed by atoms with Gasteiger partial charge in [0.1, 0.15) is 0 Å². The number of rotatable bonds is 7. The van der Waals surface area contributed by atoms with E-state index in [0.717, 1.165) is 6.42 Å². The van der Waals surface area contributed by atoms with E-state index < -0.39 is 15.6 Å². The van der Waals surface area contributed by atoms with Crippen molar-refractivity contribution >= 4 is 10.0 Å². The predicted molar refractivity (Wildman–Crippen MR) is 73.4 cm³/mol. The maximum atomic E-state index is 12.0. The maximum Gasteiger partial charge on any atom is 0.212 e. The first-order chi connectivity index (χ1) is 7.54. The zero-order chi connectivity index (χ0) is 13.7. The molecular weight excluding hydrogens is 236 g/mol. The van der Waals surface area contributed by atoms with Crippen molar-refractivity contribution in [3.05, 3.63) is 0 Å². The average Bonchev–Trinajstić information content (AvgIpc) is 2.14. The normalized spacial score (nSPS) is 16.8. The third kappa shape index (κ3) is 7.73. The highest BCUT2D eigenvalue weighted by molar-refractivity contribution is 7.89. The van der Waals surface area contributed by atoms with Crippen molar-refractivity contribution in [3.8, 4) is 0 Å². The van der Waals surface area contributed by atoms with Crippen LogP contribution in [0.15, 0.2) is 0 Å². The molecule has 0 saturated carbocycles. The molecule has 0 radical (unpaired) electrons. The van der Waals surface area contributed by atoms with Gasteiger partial charge in [-0.25, -0.2) is 13.1 Å². The lowest BCUT2D eigenvalue weighted by Gasteiger charge is -2.29. The molecular formula is C12H28N2O2S. The number of sulfonamides is 1. The Morgan fingerprint density at radius 2 is 1.65 bits per heavy atom. The van der Waals surface area contributed by atoms with Gasteiger partial charge < -0.3 is 5.73 Å². The Morgan fingerprint density at radius 3 is 2.00 bits per heavy atom. The number of hydrogen-bond donors (Lipinski definition) is 2. The summed E-state index contributed by atoms with van der Waals surface area (Å²) in [6.07, 6.45) is 2.07. The van der Waals surface area contributed by atoms with Crippen LogP contribution < -0.4 is 10.5 Å². The summed E-state index contributed by atoms with van der Waals surface area (Å²) in [5.41, 5.74) is 5.14. The molecule has 0 fully saturated rings. The molecule has 0 aliphatic heterocycles. The van der Waals surface area contributed by atoms with Crippen LogP contribution in [0.25, 0.3) is 0 Å². The molecule has 0 amide bonds. The van der Waals surface area contributed by atoms with Gasteiger partial charge in [0, 0.05) is 5.54 Å². The summed E-state index contributed by atoms with van der Waals surface area (Å²) in [7, 11) is -3.21. The van der Waals surface area contributed by atoms with E-state index in [-0.39, 0.29) is 11.2 Å². The van der Waals surface area contributed by atoms with E-state index in [4.69, 9.17) is 5.73 Å². The van der Waals surface area contributed by atoms with Crippen LogP contribution in [0.3, 0.4) is 0 Å². The molecule has 0 bridgehead atoms. The van der Waals surface area contributed by atoms with Crippen LogP contribution in [0.1, 0.15) is 53.9 Å². The molecule has 4 nitrogen and oxygen atoms in total. The van der Waals surface area contributed by atoms with Gasteiger partial charge in [-0.1, -0.05) is 27.7 Å². The van der Waals surface area contributed by atoms with Crippen molar-refractivity contribution in [2.75, 3.05) is 12.3 Å². The van der Waals surface area contributed by atoms with Gasteiger partial charge in [0.15, 0.2) is 0 Å². The van der Waals surface area contributed by atoms with Crippen molar-refractivity contribution in [2.24, 2.45) is 11.1 Å². The lowest BCUT2D eigenvalue weighted by Crippen LogP contribution is -2.47. The Bertz CT molecular complexity index is 320. The molecule has 0 aromatic carbocycles. The zero-order valence-electron chi connectivity index (χ0n) is 11.8. The average molecular weight is 264 g/mol. The molecule has 17 heavy (non-hydrogen) atoms. The van der Waals surface area contributed by atoms with E-state index in [1.165, 1.54) is 0 Å². The Kier molecular flexibility index (Phi) is 6.11. The molecule has 0 spiro atoms. The molecule has 0 rings (SSSR count). The summed E-state index contributed by atoms with van der Waals surface area (Å²) in [5, 5.41) is 0. The fourth-order valence-electron chi connectivity index (χ4n) is 1.49. The minimum Gasteiger partial charge on any atom is -0.330 e. The molecule has 0 heterocycles. The Balaban J connectivity index is 4.53. The summed E-state index contributed by atoms with van der Waals surface area (Å²) >= 11 is 0. The molecule has 1 unspecified atom stereocenters. The van der Waals surface area contributed by atoms with E-state index in [9.17, 15) is 8.42 Å². The molecule has 0 saturated heterocycles. The number of hydrogen-bond acceptors (Lipinski definition) is 3. The molecule has 0 aromatic rings. The maximum absolute atomic E-state index is 12.0. The number of nitrogens with one attached hydrogen (secondary N) is 1. The first-order valence-electron chi connectivity index (χ1n) is 6.25. The van der Waals surface area contributed by atoms with Crippen molar-refractivity contribution in [3.63, 3.8) is 0 Å². The van der Waals surface area contributed by atoms with E-state index >= 15 is 0 Å². The van der Waals surface area contributed by atoms with Crippen LogP contribution in [-0.2, 0) is 10.0 Å². The second kappa shape index (κ2) is 6.16. The second-order valence-corrected chi connectivity index (χ2v) is 8.03. The largest absolute Gasteiger partial charge is 0.330 e. The van der Waals surface area contributed by atoms with E-state index in [0.29, 0.717) is 19.4 Å². The first-order valence-corrected chi connectivity index (χ1v) is 7.90. The SMILES string of the molecule is CCC(C)(CCN)NS(=O)(=O)CCC(C)(C)C. The lowest BCUT2D eigenvalue weighted by molar-refractivity contribution is 0.370. The van der Waals surface area contributed by atoms with Gasteiger partial charge in [-0.2, -0.15) is 0 Å². The fraction of sp³-hybridized carbons (Fsp3) is 1.00. The van der Waals surface area contributed by atoms with Crippen molar-refractivity contribution in [1.29, 1.82) is 0 Å². The van der Waals surface area contributed by atoms with Crippen LogP contribution in [-0.4, -0.2) is 26.3 Å². The lowest BCUT2D eigenvalue weighted by atomic mass is 9.94. The summed E-state index contributed by atoms with van der Waals surface area (Å²) in [6.45, 7) is 10.5. The van der Waals surface area contributed by atoms with Crippen LogP contribution in [0.4, 0.5) is 0 Å².